The first kappa shape index (κ1) is 19.1. The summed E-state index contributed by atoms with van der Waals surface area (Å²) in [6.07, 6.45) is 0.508. The zero-order chi connectivity index (χ0) is 17.7. The van der Waals surface area contributed by atoms with Gasteiger partial charge in [-0.25, -0.2) is 13.1 Å². The molecular formula is C16H17BrClNO4S. The highest BCUT2D eigenvalue weighted by atomic mass is 79.9. The van der Waals surface area contributed by atoms with E-state index in [0.717, 1.165) is 10.0 Å². The van der Waals surface area contributed by atoms with Crippen LogP contribution in [0.15, 0.2) is 45.8 Å². The molecule has 0 atom stereocenters. The van der Waals surface area contributed by atoms with Crippen molar-refractivity contribution >= 4 is 37.6 Å². The molecule has 0 amide bonds. The van der Waals surface area contributed by atoms with Gasteiger partial charge in [-0.15, -0.1) is 0 Å². The highest BCUT2D eigenvalue weighted by Crippen LogP contribution is 2.28. The van der Waals surface area contributed by atoms with E-state index >= 15 is 0 Å². The van der Waals surface area contributed by atoms with Gasteiger partial charge in [-0.3, -0.25) is 0 Å². The van der Waals surface area contributed by atoms with Gasteiger partial charge in [-0.05, 0) is 42.3 Å². The lowest BCUT2D eigenvalue weighted by molar-refractivity contribution is 0.354. The van der Waals surface area contributed by atoms with E-state index in [9.17, 15) is 8.42 Å². The molecule has 0 aromatic heterocycles. The largest absolute Gasteiger partial charge is 0.493 e. The Morgan fingerprint density at radius 1 is 1.08 bits per heavy atom. The molecule has 2 rings (SSSR count). The maximum absolute atomic E-state index is 12.3. The number of methoxy groups -OCH3 is 2. The molecule has 0 spiro atoms. The molecule has 0 saturated heterocycles. The predicted molar refractivity (Wildman–Crippen MR) is 97.6 cm³/mol. The van der Waals surface area contributed by atoms with Crippen LogP contribution in [0.3, 0.4) is 0 Å². The molecular weight excluding hydrogens is 418 g/mol. The molecule has 0 unspecified atom stereocenters. The fraction of sp³-hybridized carbons (Fsp3) is 0.250. The number of hydrogen-bond donors (Lipinski definition) is 1. The molecule has 0 fully saturated rings. The fourth-order valence-electron chi connectivity index (χ4n) is 2.14. The molecule has 8 heteroatoms. The third kappa shape index (κ3) is 4.63. The number of rotatable bonds is 7. The Bertz CT molecular complexity index is 827. The molecule has 24 heavy (non-hydrogen) atoms. The summed E-state index contributed by atoms with van der Waals surface area (Å²) in [7, 11) is -0.547. The van der Waals surface area contributed by atoms with Crippen LogP contribution in [0.25, 0.3) is 0 Å². The number of hydrogen-bond acceptors (Lipinski definition) is 4. The number of nitrogens with one attached hydrogen (secondary N) is 1. The van der Waals surface area contributed by atoms with Crippen molar-refractivity contribution in [1.82, 2.24) is 4.72 Å². The molecule has 5 nitrogen and oxygen atoms in total. The Morgan fingerprint density at radius 2 is 1.79 bits per heavy atom. The van der Waals surface area contributed by atoms with Crippen molar-refractivity contribution in [3.63, 3.8) is 0 Å². The van der Waals surface area contributed by atoms with Crippen LogP contribution in [-0.2, 0) is 16.4 Å². The fourth-order valence-corrected chi connectivity index (χ4v) is 4.20. The van der Waals surface area contributed by atoms with Gasteiger partial charge in [0.25, 0.3) is 0 Å². The minimum absolute atomic E-state index is 0.0553. The second-order valence-corrected chi connectivity index (χ2v) is 7.97. The monoisotopic (exact) mass is 433 g/mol. The highest BCUT2D eigenvalue weighted by molar-refractivity contribution is 9.10. The third-order valence-electron chi connectivity index (χ3n) is 3.34. The Balaban J connectivity index is 2.05. The molecule has 0 bridgehead atoms. The lowest BCUT2D eigenvalue weighted by Gasteiger charge is -2.11. The minimum Gasteiger partial charge on any atom is -0.493 e. The van der Waals surface area contributed by atoms with Gasteiger partial charge < -0.3 is 9.47 Å². The zero-order valence-electron chi connectivity index (χ0n) is 13.2. The summed E-state index contributed by atoms with van der Waals surface area (Å²) in [5.41, 5.74) is 0.928. The SMILES string of the molecule is COc1ccc(CCNS(=O)(=O)c2ccc(Br)cc2Cl)cc1OC. The lowest BCUT2D eigenvalue weighted by Crippen LogP contribution is -2.26. The van der Waals surface area contributed by atoms with Crippen LogP contribution >= 0.6 is 27.5 Å². The van der Waals surface area contributed by atoms with Crippen molar-refractivity contribution in [3.8, 4) is 11.5 Å². The Hall–Kier alpha value is -1.28. The van der Waals surface area contributed by atoms with Crippen LogP contribution in [0.1, 0.15) is 5.56 Å². The predicted octanol–water partition coefficient (Wildman–Crippen LogP) is 3.64. The van der Waals surface area contributed by atoms with Gasteiger partial charge in [-0.2, -0.15) is 0 Å². The molecule has 2 aromatic rings. The van der Waals surface area contributed by atoms with Crippen molar-refractivity contribution in [1.29, 1.82) is 0 Å². The molecule has 0 heterocycles. The summed E-state index contributed by atoms with van der Waals surface area (Å²) in [6, 6.07) is 10.1. The maximum atomic E-state index is 12.3. The van der Waals surface area contributed by atoms with E-state index in [-0.39, 0.29) is 16.5 Å². The average Bonchev–Trinajstić information content (AvgIpc) is 2.54. The first-order valence-corrected chi connectivity index (χ1v) is 9.68. The minimum atomic E-state index is -3.67. The van der Waals surface area contributed by atoms with E-state index in [1.165, 1.54) is 6.07 Å². The summed E-state index contributed by atoms with van der Waals surface area (Å²) in [5.74, 6) is 1.23. The van der Waals surface area contributed by atoms with Gasteiger partial charge in [0.1, 0.15) is 4.90 Å². The van der Waals surface area contributed by atoms with E-state index < -0.39 is 10.0 Å². The van der Waals surface area contributed by atoms with E-state index in [2.05, 4.69) is 20.7 Å². The number of halogens is 2. The van der Waals surface area contributed by atoms with E-state index in [4.69, 9.17) is 21.1 Å². The second kappa shape index (κ2) is 8.20. The first-order valence-electron chi connectivity index (χ1n) is 7.03. The van der Waals surface area contributed by atoms with Crippen LogP contribution < -0.4 is 14.2 Å². The van der Waals surface area contributed by atoms with Gasteiger partial charge in [0.2, 0.25) is 10.0 Å². The summed E-state index contributed by atoms with van der Waals surface area (Å²) in [6.45, 7) is 0.240. The van der Waals surface area contributed by atoms with Crippen LogP contribution in [0.2, 0.25) is 5.02 Å². The van der Waals surface area contributed by atoms with Gasteiger partial charge in [0.15, 0.2) is 11.5 Å². The van der Waals surface area contributed by atoms with Crippen LogP contribution in [-0.4, -0.2) is 29.2 Å². The van der Waals surface area contributed by atoms with Crippen LogP contribution in [0.4, 0.5) is 0 Å². The molecule has 2 aromatic carbocycles. The van der Waals surface area contributed by atoms with Crippen molar-refractivity contribution < 1.29 is 17.9 Å². The Kier molecular flexibility index (Phi) is 6.51. The molecule has 0 saturated carbocycles. The van der Waals surface area contributed by atoms with Crippen molar-refractivity contribution in [2.45, 2.75) is 11.3 Å². The van der Waals surface area contributed by atoms with Crippen LogP contribution in [0.5, 0.6) is 11.5 Å². The van der Waals surface area contributed by atoms with Crippen LogP contribution in [0, 0.1) is 0 Å². The van der Waals surface area contributed by atoms with Gasteiger partial charge in [0, 0.05) is 11.0 Å². The van der Waals surface area contributed by atoms with Crippen molar-refractivity contribution in [2.24, 2.45) is 0 Å². The van der Waals surface area contributed by atoms with Crippen molar-refractivity contribution in [3.05, 3.63) is 51.5 Å². The van der Waals surface area contributed by atoms with E-state index in [1.54, 1.807) is 32.4 Å². The lowest BCUT2D eigenvalue weighted by atomic mass is 10.1. The Labute approximate surface area is 155 Å². The number of sulfonamides is 1. The average molecular weight is 435 g/mol. The molecule has 0 aliphatic carbocycles. The Morgan fingerprint density at radius 3 is 2.42 bits per heavy atom. The number of ether oxygens (including phenoxy) is 2. The molecule has 0 aliphatic rings. The topological polar surface area (TPSA) is 64.6 Å². The summed E-state index contributed by atoms with van der Waals surface area (Å²) in [5, 5.41) is 0.169. The second-order valence-electron chi connectivity index (χ2n) is 4.91. The summed E-state index contributed by atoms with van der Waals surface area (Å²) in [4.78, 5) is 0.0553. The summed E-state index contributed by atoms with van der Waals surface area (Å²) < 4.78 is 38.3. The standard InChI is InChI=1S/C16H17BrClNO4S/c1-22-14-5-3-11(9-15(14)23-2)7-8-19-24(20,21)16-6-4-12(17)10-13(16)18/h3-6,9-10,19H,7-8H2,1-2H3. The molecule has 1 N–H and O–H groups in total. The van der Waals surface area contributed by atoms with E-state index in [1.807, 2.05) is 12.1 Å². The smallest absolute Gasteiger partial charge is 0.242 e. The summed E-state index contributed by atoms with van der Waals surface area (Å²) >= 11 is 9.25. The number of benzene rings is 2. The maximum Gasteiger partial charge on any atom is 0.242 e. The third-order valence-corrected chi connectivity index (χ3v) is 5.77. The quantitative estimate of drug-likeness (QED) is 0.722. The van der Waals surface area contributed by atoms with E-state index in [0.29, 0.717) is 17.9 Å². The van der Waals surface area contributed by atoms with Gasteiger partial charge in [0.05, 0.1) is 19.2 Å². The molecule has 0 radical (unpaired) electrons. The normalized spacial score (nSPS) is 11.3. The van der Waals surface area contributed by atoms with Gasteiger partial charge in [-0.1, -0.05) is 33.6 Å². The van der Waals surface area contributed by atoms with Crippen molar-refractivity contribution in [2.75, 3.05) is 20.8 Å². The highest BCUT2D eigenvalue weighted by Gasteiger charge is 2.17. The molecule has 0 aliphatic heterocycles. The zero-order valence-corrected chi connectivity index (χ0v) is 16.3. The first-order chi connectivity index (χ1) is 11.4. The van der Waals surface area contributed by atoms with Gasteiger partial charge >= 0.3 is 0 Å². The molecule has 130 valence electrons.